The Morgan fingerprint density at radius 1 is 0.315 bits per heavy atom. The van der Waals surface area contributed by atoms with E-state index in [4.69, 9.17) is 10.2 Å². The topological polar surface area (TPSA) is 59.9 Å². The van der Waals surface area contributed by atoms with Gasteiger partial charge in [0.25, 0.3) is 0 Å². The maximum absolute atomic E-state index is 15.2. The molecule has 1 heterocycles. The van der Waals surface area contributed by atoms with Crippen molar-refractivity contribution in [3.63, 3.8) is 0 Å². The van der Waals surface area contributed by atoms with Crippen molar-refractivity contribution >= 4 is 33.1 Å². The molecule has 4 nitrogen and oxygen atoms in total. The summed E-state index contributed by atoms with van der Waals surface area (Å²) in [6.07, 6.45) is 0. The zero-order chi connectivity index (χ0) is 36.4. The van der Waals surface area contributed by atoms with E-state index in [2.05, 4.69) is 12.1 Å². The molecule has 0 aliphatic carbocycles. The van der Waals surface area contributed by atoms with Crippen molar-refractivity contribution < 1.29 is 9.59 Å². The van der Waals surface area contributed by atoms with Gasteiger partial charge in [-0.3, -0.25) is 9.59 Å². The lowest BCUT2D eigenvalue weighted by atomic mass is 9.78. The van der Waals surface area contributed by atoms with Crippen molar-refractivity contribution in [1.29, 1.82) is 0 Å². The molecule has 0 amide bonds. The highest BCUT2D eigenvalue weighted by Crippen LogP contribution is 2.47. The van der Waals surface area contributed by atoms with E-state index in [1.54, 1.807) is 0 Å². The van der Waals surface area contributed by atoms with Gasteiger partial charge < -0.3 is 0 Å². The molecule has 0 saturated heterocycles. The quantitative estimate of drug-likeness (QED) is 0.117. The summed E-state index contributed by atoms with van der Waals surface area (Å²) >= 11 is 0. The molecule has 0 fully saturated rings. The second kappa shape index (κ2) is 14.0. The SMILES string of the molecule is O=C(c1ccccc1)c1c(C(=O)c2ccccc2)c(-c2ccccc2)c2cc3c(-c4ccccc4)nnc(-c4ccccc4)c3cc2c1-c1ccccc1. The normalized spacial score (nSPS) is 11.1. The van der Waals surface area contributed by atoms with Crippen molar-refractivity contribution in [2.45, 2.75) is 0 Å². The fourth-order valence-electron chi connectivity index (χ4n) is 7.48. The van der Waals surface area contributed by atoms with Gasteiger partial charge in [0, 0.05) is 55.3 Å². The molecule has 4 heteroatoms. The number of benzene rings is 8. The summed E-state index contributed by atoms with van der Waals surface area (Å²) in [6.45, 7) is 0. The first-order valence-electron chi connectivity index (χ1n) is 17.9. The minimum atomic E-state index is -0.228. The summed E-state index contributed by atoms with van der Waals surface area (Å²) in [5.41, 5.74) is 8.07. The van der Waals surface area contributed by atoms with E-state index in [9.17, 15) is 0 Å². The molecular formula is C50H32N2O2. The number of hydrogen-bond donors (Lipinski definition) is 0. The highest BCUT2D eigenvalue weighted by molar-refractivity contribution is 6.31. The predicted octanol–water partition coefficient (Wildman–Crippen LogP) is 11.9. The fourth-order valence-corrected chi connectivity index (χ4v) is 7.48. The van der Waals surface area contributed by atoms with E-state index in [1.807, 2.05) is 182 Å². The molecule has 0 radical (unpaired) electrons. The van der Waals surface area contributed by atoms with Gasteiger partial charge in [0.05, 0.1) is 0 Å². The number of nitrogens with zero attached hydrogens (tertiary/aromatic N) is 2. The first-order valence-corrected chi connectivity index (χ1v) is 17.9. The van der Waals surface area contributed by atoms with Gasteiger partial charge in [0.1, 0.15) is 11.4 Å². The molecule has 54 heavy (non-hydrogen) atoms. The fraction of sp³-hybridized carbons (Fsp3) is 0. The summed E-state index contributed by atoms with van der Waals surface area (Å²) in [6, 6.07) is 62.7. The van der Waals surface area contributed by atoms with Crippen molar-refractivity contribution in [1.82, 2.24) is 10.2 Å². The Kier molecular flexibility index (Phi) is 8.46. The maximum Gasteiger partial charge on any atom is 0.194 e. The average molecular weight is 693 g/mol. The monoisotopic (exact) mass is 692 g/mol. The van der Waals surface area contributed by atoms with Crippen LogP contribution in [0.15, 0.2) is 194 Å². The van der Waals surface area contributed by atoms with Crippen LogP contribution in [0, 0.1) is 0 Å². The molecule has 0 spiro atoms. The van der Waals surface area contributed by atoms with E-state index < -0.39 is 0 Å². The van der Waals surface area contributed by atoms with Crippen LogP contribution in [-0.4, -0.2) is 21.8 Å². The molecule has 0 saturated carbocycles. The van der Waals surface area contributed by atoms with Crippen LogP contribution in [0.25, 0.3) is 66.3 Å². The first kappa shape index (κ1) is 32.6. The van der Waals surface area contributed by atoms with Gasteiger partial charge >= 0.3 is 0 Å². The third-order valence-electron chi connectivity index (χ3n) is 9.95. The third-order valence-corrected chi connectivity index (χ3v) is 9.95. The molecule has 9 rings (SSSR count). The lowest BCUT2D eigenvalue weighted by molar-refractivity contribution is 0.100. The summed E-state index contributed by atoms with van der Waals surface area (Å²) in [5, 5.41) is 13.2. The van der Waals surface area contributed by atoms with Gasteiger partial charge in [-0.1, -0.05) is 182 Å². The predicted molar refractivity (Wildman–Crippen MR) is 219 cm³/mol. The van der Waals surface area contributed by atoms with Crippen LogP contribution in [0.5, 0.6) is 0 Å². The molecule has 9 aromatic rings. The van der Waals surface area contributed by atoms with Crippen molar-refractivity contribution in [2.24, 2.45) is 0 Å². The van der Waals surface area contributed by atoms with Gasteiger partial charge in [-0.2, -0.15) is 0 Å². The summed E-state index contributed by atoms with van der Waals surface area (Å²) in [5.74, 6) is -0.456. The standard InChI is InChI=1S/C50H32N2O2/c53-49(37-27-15-5-16-28-37)45-43(33-19-7-1-8-20-33)39-31-41-42(48(36-25-13-4-14-26-36)52-51-47(41)35-23-11-3-12-24-35)32-40(39)44(34-21-9-2-10-22-34)46(45)50(54)38-29-17-6-18-30-38/h1-32H. The lowest BCUT2D eigenvalue weighted by Gasteiger charge is -2.23. The van der Waals surface area contributed by atoms with Gasteiger partial charge in [0.15, 0.2) is 11.6 Å². The Morgan fingerprint density at radius 3 is 0.907 bits per heavy atom. The van der Waals surface area contributed by atoms with Crippen LogP contribution in [0.3, 0.4) is 0 Å². The summed E-state index contributed by atoms with van der Waals surface area (Å²) in [7, 11) is 0. The van der Waals surface area contributed by atoms with Crippen LogP contribution < -0.4 is 0 Å². The smallest absolute Gasteiger partial charge is 0.194 e. The number of ketones is 2. The van der Waals surface area contributed by atoms with Crippen LogP contribution >= 0.6 is 0 Å². The Balaban J connectivity index is 1.54. The molecule has 0 N–H and O–H groups in total. The molecule has 0 unspecified atom stereocenters. The highest BCUT2D eigenvalue weighted by Gasteiger charge is 2.31. The Hall–Kier alpha value is -7.30. The van der Waals surface area contributed by atoms with Gasteiger partial charge in [-0.25, -0.2) is 0 Å². The van der Waals surface area contributed by atoms with Crippen LogP contribution in [0.1, 0.15) is 31.8 Å². The van der Waals surface area contributed by atoms with Crippen molar-refractivity contribution in [3.8, 4) is 44.8 Å². The van der Waals surface area contributed by atoms with E-state index in [0.29, 0.717) is 33.4 Å². The Morgan fingerprint density at radius 2 is 0.593 bits per heavy atom. The molecule has 0 bridgehead atoms. The van der Waals surface area contributed by atoms with Crippen molar-refractivity contribution in [2.75, 3.05) is 0 Å². The number of hydrogen-bond acceptors (Lipinski definition) is 4. The minimum absolute atomic E-state index is 0.228. The van der Waals surface area contributed by atoms with E-state index in [-0.39, 0.29) is 11.6 Å². The van der Waals surface area contributed by atoms with Crippen LogP contribution in [0.2, 0.25) is 0 Å². The van der Waals surface area contributed by atoms with Gasteiger partial charge in [-0.15, -0.1) is 10.2 Å². The molecule has 0 aliphatic heterocycles. The van der Waals surface area contributed by atoms with E-state index in [1.165, 1.54) is 0 Å². The third kappa shape index (κ3) is 5.76. The number of fused-ring (bicyclic) bond motifs is 2. The van der Waals surface area contributed by atoms with Crippen LogP contribution in [0.4, 0.5) is 0 Å². The van der Waals surface area contributed by atoms with Gasteiger partial charge in [-0.05, 0) is 34.0 Å². The minimum Gasteiger partial charge on any atom is -0.289 e. The van der Waals surface area contributed by atoms with Gasteiger partial charge in [0.2, 0.25) is 0 Å². The number of aromatic nitrogens is 2. The highest BCUT2D eigenvalue weighted by atomic mass is 16.1. The van der Waals surface area contributed by atoms with Crippen LogP contribution in [-0.2, 0) is 0 Å². The summed E-state index contributed by atoms with van der Waals surface area (Å²) in [4.78, 5) is 30.5. The first-order chi connectivity index (χ1) is 26.7. The maximum atomic E-state index is 15.2. The number of carbonyl (C=O) groups excluding carboxylic acids is 2. The number of rotatable bonds is 8. The number of carbonyl (C=O) groups is 2. The lowest BCUT2D eigenvalue weighted by Crippen LogP contribution is -2.15. The molecule has 0 atom stereocenters. The molecular weight excluding hydrogens is 661 g/mol. The van der Waals surface area contributed by atoms with E-state index >= 15 is 9.59 Å². The largest absolute Gasteiger partial charge is 0.289 e. The molecule has 1 aromatic heterocycles. The summed E-state index contributed by atoms with van der Waals surface area (Å²) < 4.78 is 0. The van der Waals surface area contributed by atoms with Crippen molar-refractivity contribution in [3.05, 3.63) is 216 Å². The zero-order valence-electron chi connectivity index (χ0n) is 29.2. The zero-order valence-corrected chi connectivity index (χ0v) is 29.2. The second-order valence-corrected chi connectivity index (χ2v) is 13.2. The Bertz CT molecular complexity index is 2610. The molecule has 8 aromatic carbocycles. The second-order valence-electron chi connectivity index (χ2n) is 13.2. The average Bonchev–Trinajstić information content (AvgIpc) is 3.26. The molecule has 0 aliphatic rings. The Labute approximate surface area is 313 Å². The molecule has 254 valence electrons. The van der Waals surface area contributed by atoms with E-state index in [0.717, 1.165) is 55.2 Å².